The molecule has 8 nitrogen and oxygen atoms in total. The molecule has 0 radical (unpaired) electrons. The first-order valence-electron chi connectivity index (χ1n) is 11.1. The van der Waals surface area contributed by atoms with Crippen LogP contribution in [0.4, 0.5) is 4.39 Å². The third kappa shape index (κ3) is 6.21. The first kappa shape index (κ1) is 25.2. The van der Waals surface area contributed by atoms with Gasteiger partial charge >= 0.3 is 5.97 Å². The summed E-state index contributed by atoms with van der Waals surface area (Å²) in [6.45, 7) is -0.320. The molecule has 1 N–H and O–H groups in total. The highest BCUT2D eigenvalue weighted by Gasteiger charge is 2.16. The van der Waals surface area contributed by atoms with Crippen molar-refractivity contribution in [1.29, 1.82) is 0 Å². The molecule has 188 valence electrons. The summed E-state index contributed by atoms with van der Waals surface area (Å²) in [5, 5.41) is 5.67. The lowest BCUT2D eigenvalue weighted by atomic mass is 10.0. The molecule has 0 fully saturated rings. The van der Waals surface area contributed by atoms with Crippen LogP contribution in [0, 0.1) is 5.82 Å². The van der Waals surface area contributed by atoms with Crippen molar-refractivity contribution in [3.8, 4) is 23.0 Å². The van der Waals surface area contributed by atoms with Crippen LogP contribution in [-0.4, -0.2) is 38.9 Å². The molecule has 1 amide bonds. The molecule has 0 bridgehead atoms. The van der Waals surface area contributed by atoms with Gasteiger partial charge in [0.15, 0.2) is 18.1 Å². The Hall–Kier alpha value is -4.92. The molecule has 0 saturated heterocycles. The van der Waals surface area contributed by atoms with Crippen LogP contribution in [0.5, 0.6) is 23.0 Å². The lowest BCUT2D eigenvalue weighted by Crippen LogP contribution is -2.24. The summed E-state index contributed by atoms with van der Waals surface area (Å²) in [7, 11) is 2.98. The molecule has 0 aromatic heterocycles. The number of methoxy groups -OCH3 is 2. The number of hydrazone groups is 1. The zero-order valence-corrected chi connectivity index (χ0v) is 20.1. The molecule has 37 heavy (non-hydrogen) atoms. The third-order valence-electron chi connectivity index (χ3n) is 5.32. The van der Waals surface area contributed by atoms with Gasteiger partial charge in [-0.05, 0) is 59.3 Å². The Morgan fingerprint density at radius 3 is 2.38 bits per heavy atom. The van der Waals surface area contributed by atoms with Gasteiger partial charge in [-0.15, -0.1) is 0 Å². The van der Waals surface area contributed by atoms with Gasteiger partial charge in [0.2, 0.25) is 0 Å². The predicted octanol–water partition coefficient (Wildman–Crippen LogP) is 4.74. The van der Waals surface area contributed by atoms with E-state index in [0.29, 0.717) is 22.8 Å². The van der Waals surface area contributed by atoms with Crippen molar-refractivity contribution >= 4 is 28.9 Å². The van der Waals surface area contributed by atoms with Gasteiger partial charge in [-0.1, -0.05) is 30.3 Å². The molecule has 0 saturated carbocycles. The van der Waals surface area contributed by atoms with E-state index in [1.54, 1.807) is 18.2 Å². The van der Waals surface area contributed by atoms with Crippen molar-refractivity contribution < 1.29 is 32.9 Å². The number of carbonyl (C=O) groups excluding carboxylic acids is 2. The summed E-state index contributed by atoms with van der Waals surface area (Å²) in [4.78, 5) is 25.1. The zero-order valence-electron chi connectivity index (χ0n) is 20.1. The summed E-state index contributed by atoms with van der Waals surface area (Å²) >= 11 is 0. The van der Waals surface area contributed by atoms with Crippen molar-refractivity contribution in [2.75, 3.05) is 20.8 Å². The maximum absolute atomic E-state index is 13.0. The van der Waals surface area contributed by atoms with Crippen LogP contribution in [0.15, 0.2) is 84.0 Å². The van der Waals surface area contributed by atoms with Gasteiger partial charge in [0.05, 0.1) is 26.0 Å². The molecule has 4 rings (SSSR count). The Bertz CT molecular complexity index is 1450. The number of esters is 1. The fraction of sp³-hybridized carbons (Fsp3) is 0.107. The quantitative estimate of drug-likeness (QED) is 0.154. The first-order valence-corrected chi connectivity index (χ1v) is 11.1. The number of fused-ring (bicyclic) bond motifs is 1. The standard InChI is InChI=1S/C28H23FN2O6/c1-34-25-14-8-19(15-26(25)35-2)28(33)37-24-13-7-18-5-3-4-6-22(18)23(24)16-30-31-27(32)17-36-21-11-9-20(29)10-12-21/h3-16H,17H2,1-2H3,(H,31,32)/b30-16+. The molecule has 9 heteroatoms. The molecule has 0 unspecified atom stereocenters. The number of amides is 1. The van der Waals surface area contributed by atoms with E-state index >= 15 is 0 Å². The Balaban J connectivity index is 1.52. The van der Waals surface area contributed by atoms with E-state index in [1.165, 1.54) is 50.8 Å². The van der Waals surface area contributed by atoms with Crippen molar-refractivity contribution in [2.24, 2.45) is 5.10 Å². The van der Waals surface area contributed by atoms with Crippen LogP contribution < -0.4 is 24.4 Å². The number of carbonyl (C=O) groups is 2. The maximum atomic E-state index is 13.0. The van der Waals surface area contributed by atoms with Crippen molar-refractivity contribution in [2.45, 2.75) is 0 Å². The number of halogens is 1. The number of hydrogen-bond donors (Lipinski definition) is 1. The topological polar surface area (TPSA) is 95.5 Å². The minimum atomic E-state index is -0.609. The van der Waals surface area contributed by atoms with E-state index in [1.807, 2.05) is 30.3 Å². The van der Waals surface area contributed by atoms with Gasteiger partial charge in [0, 0.05) is 5.56 Å². The van der Waals surface area contributed by atoms with Gasteiger partial charge < -0.3 is 18.9 Å². The average molecular weight is 502 g/mol. The molecular formula is C28H23FN2O6. The van der Waals surface area contributed by atoms with Crippen molar-refractivity contribution in [3.63, 3.8) is 0 Å². The number of hydrogen-bond acceptors (Lipinski definition) is 7. The van der Waals surface area contributed by atoms with Crippen LogP contribution in [-0.2, 0) is 4.79 Å². The van der Waals surface area contributed by atoms with Crippen molar-refractivity contribution in [1.82, 2.24) is 5.43 Å². The molecule has 0 aliphatic rings. The molecule has 0 heterocycles. The van der Waals surface area contributed by atoms with Gasteiger partial charge in [-0.25, -0.2) is 14.6 Å². The highest BCUT2D eigenvalue weighted by molar-refractivity contribution is 6.04. The molecule has 4 aromatic carbocycles. The van der Waals surface area contributed by atoms with Crippen LogP contribution >= 0.6 is 0 Å². The van der Waals surface area contributed by atoms with Crippen LogP contribution in [0.2, 0.25) is 0 Å². The Labute approximate surface area is 212 Å². The SMILES string of the molecule is COc1ccc(C(=O)Oc2ccc3ccccc3c2/C=N/NC(=O)COc2ccc(F)cc2)cc1OC. The minimum absolute atomic E-state index is 0.249. The molecule has 4 aromatic rings. The number of benzene rings is 4. The fourth-order valence-electron chi connectivity index (χ4n) is 3.50. The van der Waals surface area contributed by atoms with E-state index in [2.05, 4.69) is 10.5 Å². The third-order valence-corrected chi connectivity index (χ3v) is 5.32. The summed E-state index contributed by atoms with van der Waals surface area (Å²) in [5.41, 5.74) is 3.13. The molecule has 0 aliphatic heterocycles. The van der Waals surface area contributed by atoms with Gasteiger partial charge in [0.25, 0.3) is 5.91 Å². The van der Waals surface area contributed by atoms with Gasteiger partial charge in [-0.2, -0.15) is 5.10 Å². The normalized spacial score (nSPS) is 10.8. The molecule has 0 spiro atoms. The maximum Gasteiger partial charge on any atom is 0.343 e. The Kier molecular flexibility index (Phi) is 7.95. The average Bonchev–Trinajstić information content (AvgIpc) is 2.93. The highest BCUT2D eigenvalue weighted by Crippen LogP contribution is 2.30. The summed E-state index contributed by atoms with van der Waals surface area (Å²) in [5.74, 6) is -0.0658. The second-order valence-electron chi connectivity index (χ2n) is 7.69. The fourth-order valence-corrected chi connectivity index (χ4v) is 3.50. The van der Waals surface area contributed by atoms with E-state index in [4.69, 9.17) is 18.9 Å². The number of rotatable bonds is 9. The van der Waals surface area contributed by atoms with E-state index < -0.39 is 17.7 Å². The first-order chi connectivity index (χ1) is 18.0. The number of nitrogens with zero attached hydrogens (tertiary/aromatic N) is 1. The lowest BCUT2D eigenvalue weighted by Gasteiger charge is -2.12. The predicted molar refractivity (Wildman–Crippen MR) is 136 cm³/mol. The molecule has 0 aliphatic carbocycles. The largest absolute Gasteiger partial charge is 0.493 e. The van der Waals surface area contributed by atoms with Crippen LogP contribution in [0.3, 0.4) is 0 Å². The van der Waals surface area contributed by atoms with Gasteiger partial charge in [0.1, 0.15) is 17.3 Å². The van der Waals surface area contributed by atoms with E-state index in [-0.39, 0.29) is 17.9 Å². The number of ether oxygens (including phenoxy) is 4. The van der Waals surface area contributed by atoms with E-state index in [9.17, 15) is 14.0 Å². The van der Waals surface area contributed by atoms with Crippen molar-refractivity contribution in [3.05, 3.63) is 95.8 Å². The molecule has 0 atom stereocenters. The Morgan fingerprint density at radius 1 is 0.892 bits per heavy atom. The lowest BCUT2D eigenvalue weighted by molar-refractivity contribution is -0.123. The minimum Gasteiger partial charge on any atom is -0.493 e. The smallest absolute Gasteiger partial charge is 0.343 e. The summed E-state index contributed by atoms with van der Waals surface area (Å²) < 4.78 is 34.5. The zero-order chi connectivity index (χ0) is 26.2. The highest BCUT2D eigenvalue weighted by atomic mass is 19.1. The second kappa shape index (κ2) is 11.7. The van der Waals surface area contributed by atoms with Gasteiger partial charge in [-0.3, -0.25) is 4.79 Å². The van der Waals surface area contributed by atoms with Crippen LogP contribution in [0.25, 0.3) is 10.8 Å². The second-order valence-corrected chi connectivity index (χ2v) is 7.69. The molecular weight excluding hydrogens is 479 g/mol. The number of nitrogens with one attached hydrogen (secondary N) is 1. The Morgan fingerprint density at radius 2 is 1.62 bits per heavy atom. The monoisotopic (exact) mass is 502 g/mol. The summed E-state index contributed by atoms with van der Waals surface area (Å²) in [6, 6.07) is 21.0. The van der Waals surface area contributed by atoms with Crippen LogP contribution in [0.1, 0.15) is 15.9 Å². The summed E-state index contributed by atoms with van der Waals surface area (Å²) in [6.07, 6.45) is 1.40. The van der Waals surface area contributed by atoms with E-state index in [0.717, 1.165) is 10.8 Å².